The van der Waals surface area contributed by atoms with Crippen molar-refractivity contribution in [3.8, 4) is 22.6 Å². The molecule has 0 unspecified atom stereocenters. The summed E-state index contributed by atoms with van der Waals surface area (Å²) in [5.41, 5.74) is 5.18. The number of hydrogen-bond acceptors (Lipinski definition) is 2. The predicted octanol–water partition coefficient (Wildman–Crippen LogP) is 5.01. The SMILES string of the molecule is CCc1ccc(-c2cc3c(C(C)C)cccc3[cH-]2)o1.CCc1ccc(-c2cc3c(C(C)C)cccc3[cH-]2)o1.[Cl-].[Cl-].[Zr+4]. The zero-order valence-electron chi connectivity index (χ0n) is 24.7. The fraction of sp³-hybridized carbons (Fsp3) is 0.278. The van der Waals surface area contributed by atoms with E-state index in [1.807, 2.05) is 0 Å². The van der Waals surface area contributed by atoms with Gasteiger partial charge in [0.15, 0.2) is 0 Å². The van der Waals surface area contributed by atoms with Crippen molar-refractivity contribution in [1.29, 1.82) is 0 Å². The van der Waals surface area contributed by atoms with E-state index in [4.69, 9.17) is 8.83 Å². The molecule has 2 aromatic heterocycles. The molecule has 4 aromatic carbocycles. The summed E-state index contributed by atoms with van der Waals surface area (Å²) in [6.45, 7) is 13.2. The molecule has 0 radical (unpaired) electrons. The molecule has 0 bridgehead atoms. The molecule has 0 N–H and O–H groups in total. The van der Waals surface area contributed by atoms with Crippen LogP contribution in [-0.2, 0) is 39.0 Å². The first kappa shape index (κ1) is 34.9. The Kier molecular flexibility index (Phi) is 13.0. The Morgan fingerprint density at radius 1 is 0.585 bits per heavy atom. The molecule has 6 rings (SSSR count). The Balaban J connectivity index is 0.000000267. The van der Waals surface area contributed by atoms with Gasteiger partial charge in [-0.1, -0.05) is 88.1 Å². The molecule has 0 amide bonds. The monoisotopic (exact) mass is 662 g/mol. The topological polar surface area (TPSA) is 26.3 Å². The van der Waals surface area contributed by atoms with Crippen LogP contribution in [-0.4, -0.2) is 0 Å². The molecule has 6 aromatic rings. The van der Waals surface area contributed by atoms with Crippen molar-refractivity contribution in [2.45, 2.75) is 66.2 Å². The van der Waals surface area contributed by atoms with Crippen LogP contribution in [0.5, 0.6) is 0 Å². The van der Waals surface area contributed by atoms with E-state index in [9.17, 15) is 0 Å². The maximum atomic E-state index is 5.85. The van der Waals surface area contributed by atoms with Crippen LogP contribution in [0.2, 0.25) is 0 Å². The number of hydrogen-bond donors (Lipinski definition) is 0. The summed E-state index contributed by atoms with van der Waals surface area (Å²) >= 11 is 0. The van der Waals surface area contributed by atoms with Crippen LogP contribution in [0.1, 0.15) is 76.0 Å². The summed E-state index contributed by atoms with van der Waals surface area (Å²) < 4.78 is 11.7. The molecular formula is C36H38Cl2O2Zr. The van der Waals surface area contributed by atoms with E-state index in [1.165, 1.54) is 43.8 Å². The number of rotatable bonds is 6. The summed E-state index contributed by atoms with van der Waals surface area (Å²) in [4.78, 5) is 0. The van der Waals surface area contributed by atoms with Crippen molar-refractivity contribution in [1.82, 2.24) is 0 Å². The van der Waals surface area contributed by atoms with Crippen molar-refractivity contribution in [2.75, 3.05) is 0 Å². The van der Waals surface area contributed by atoms with E-state index in [-0.39, 0.29) is 51.0 Å². The number of furan rings is 2. The first-order chi connectivity index (χ1) is 18.4. The Morgan fingerprint density at radius 2 is 0.976 bits per heavy atom. The van der Waals surface area contributed by atoms with Crippen molar-refractivity contribution in [3.05, 3.63) is 108 Å². The molecule has 0 fully saturated rings. The van der Waals surface area contributed by atoms with Crippen LogP contribution in [0.3, 0.4) is 0 Å². The third-order valence-corrected chi connectivity index (χ3v) is 7.40. The number of aryl methyl sites for hydroxylation is 2. The Bertz CT molecular complexity index is 1540. The van der Waals surface area contributed by atoms with Gasteiger partial charge in [0.25, 0.3) is 0 Å². The number of benzene rings is 2. The second-order valence-electron chi connectivity index (χ2n) is 10.7. The quantitative estimate of drug-likeness (QED) is 0.234. The van der Waals surface area contributed by atoms with Crippen molar-refractivity contribution in [2.24, 2.45) is 0 Å². The Labute approximate surface area is 276 Å². The van der Waals surface area contributed by atoms with Gasteiger partial charge in [0.2, 0.25) is 0 Å². The molecule has 2 nitrogen and oxygen atoms in total. The van der Waals surface area contributed by atoms with Crippen LogP contribution in [0.4, 0.5) is 0 Å². The minimum absolute atomic E-state index is 0. The van der Waals surface area contributed by atoms with E-state index in [1.54, 1.807) is 0 Å². The standard InChI is InChI=1S/2C18H19O.2ClH.Zr/c2*1-4-15-8-9-18(19-15)14-10-13-6-5-7-16(12(2)3)17(13)11-14;;;/h2*5-12H,4H2,1-3H3;2*1H;/q2*-1;;;+4/p-2. The second-order valence-corrected chi connectivity index (χ2v) is 10.7. The van der Waals surface area contributed by atoms with Gasteiger partial charge < -0.3 is 33.6 Å². The molecule has 0 aliphatic carbocycles. The summed E-state index contributed by atoms with van der Waals surface area (Å²) in [5, 5.41) is 5.30. The molecule has 0 saturated carbocycles. The predicted molar refractivity (Wildman–Crippen MR) is 161 cm³/mol. The molecule has 5 heteroatoms. The van der Waals surface area contributed by atoms with Crippen molar-refractivity contribution in [3.63, 3.8) is 0 Å². The molecule has 0 saturated heterocycles. The summed E-state index contributed by atoms with van der Waals surface area (Å²) in [5.74, 6) is 5.13. The average molecular weight is 665 g/mol. The van der Waals surface area contributed by atoms with Crippen molar-refractivity contribution >= 4 is 21.5 Å². The minimum atomic E-state index is 0. The summed E-state index contributed by atoms with van der Waals surface area (Å²) in [6.07, 6.45) is 1.88. The van der Waals surface area contributed by atoms with Gasteiger partial charge in [0, 0.05) is 12.8 Å². The van der Waals surface area contributed by atoms with Gasteiger partial charge >= 0.3 is 26.2 Å². The first-order valence-electron chi connectivity index (χ1n) is 13.9. The van der Waals surface area contributed by atoms with E-state index < -0.39 is 0 Å². The zero-order chi connectivity index (χ0) is 26.8. The Hall–Kier alpha value is -2.32. The average Bonchev–Trinajstić information content (AvgIpc) is 3.72. The molecule has 0 atom stereocenters. The normalized spacial score (nSPS) is 10.7. The maximum Gasteiger partial charge on any atom is 4.00 e. The molecule has 0 spiro atoms. The number of fused-ring (bicyclic) bond motifs is 2. The van der Waals surface area contributed by atoms with E-state index >= 15 is 0 Å². The van der Waals surface area contributed by atoms with Gasteiger partial charge in [-0.05, 0) is 36.1 Å². The summed E-state index contributed by atoms with van der Waals surface area (Å²) in [7, 11) is 0. The van der Waals surface area contributed by atoms with E-state index in [2.05, 4.69) is 126 Å². The van der Waals surface area contributed by atoms with Crippen LogP contribution in [0.15, 0.2) is 93.8 Å². The van der Waals surface area contributed by atoms with Gasteiger partial charge in [-0.2, -0.15) is 0 Å². The number of halogens is 2. The first-order valence-corrected chi connectivity index (χ1v) is 13.9. The van der Waals surface area contributed by atoms with Crippen molar-refractivity contribution < 1.29 is 59.9 Å². The second kappa shape index (κ2) is 15.2. The zero-order valence-corrected chi connectivity index (χ0v) is 28.7. The molecular weight excluding hydrogens is 627 g/mol. The van der Waals surface area contributed by atoms with Gasteiger partial charge in [0.05, 0.1) is 23.0 Å². The maximum absolute atomic E-state index is 5.85. The fourth-order valence-electron chi connectivity index (χ4n) is 5.26. The van der Waals surface area contributed by atoms with Crippen LogP contribution < -0.4 is 24.8 Å². The molecule has 41 heavy (non-hydrogen) atoms. The third kappa shape index (κ3) is 7.56. The van der Waals surface area contributed by atoms with Crippen LogP contribution >= 0.6 is 0 Å². The molecule has 0 aliphatic heterocycles. The van der Waals surface area contributed by atoms with Crippen LogP contribution in [0, 0.1) is 0 Å². The van der Waals surface area contributed by atoms with E-state index in [0.717, 1.165) is 35.9 Å². The summed E-state index contributed by atoms with van der Waals surface area (Å²) in [6, 6.07) is 30.3. The largest absolute Gasteiger partial charge is 4.00 e. The third-order valence-electron chi connectivity index (χ3n) is 7.40. The molecule has 212 valence electrons. The molecule has 2 heterocycles. The molecule has 0 aliphatic rings. The van der Waals surface area contributed by atoms with Gasteiger partial charge in [0.1, 0.15) is 0 Å². The Morgan fingerprint density at radius 3 is 1.29 bits per heavy atom. The van der Waals surface area contributed by atoms with Gasteiger partial charge in [-0.25, -0.2) is 0 Å². The van der Waals surface area contributed by atoms with E-state index in [0.29, 0.717) is 11.8 Å². The van der Waals surface area contributed by atoms with Gasteiger partial charge in [-0.15, -0.1) is 57.9 Å². The fourth-order valence-corrected chi connectivity index (χ4v) is 5.26. The smallest absolute Gasteiger partial charge is 1.00 e. The van der Waals surface area contributed by atoms with Crippen LogP contribution in [0.25, 0.3) is 44.2 Å². The minimum Gasteiger partial charge on any atom is -1.00 e. The van der Waals surface area contributed by atoms with Gasteiger partial charge in [-0.3, -0.25) is 0 Å².